The lowest BCUT2D eigenvalue weighted by molar-refractivity contribution is -0.152. The van der Waals surface area contributed by atoms with Crippen molar-refractivity contribution in [2.45, 2.75) is 90.7 Å². The Morgan fingerprint density at radius 1 is 0.886 bits per heavy atom. The fraction of sp³-hybridized carbons (Fsp3) is 0.444. The topological polar surface area (TPSA) is 83.5 Å². The Kier molecular flexibility index (Phi) is 7.95. The van der Waals surface area contributed by atoms with E-state index >= 15 is 0 Å². The van der Waals surface area contributed by atoms with Crippen LogP contribution in [0, 0.1) is 6.92 Å². The molecule has 0 saturated carbocycles. The molecule has 3 aromatic carbocycles. The van der Waals surface area contributed by atoms with E-state index in [1.54, 1.807) is 28.1 Å². The van der Waals surface area contributed by atoms with Gasteiger partial charge in [-0.05, 0) is 70.4 Å². The Labute approximate surface area is 260 Å². The maximum atomic E-state index is 14.2. The quantitative estimate of drug-likeness (QED) is 0.225. The highest BCUT2D eigenvalue weighted by atomic mass is 16.6. The number of benzene rings is 3. The molecule has 8 heteroatoms. The molecule has 1 saturated heterocycles. The number of nitrogens with zero attached hydrogens (tertiary/aromatic N) is 1. The average molecular weight is 602 g/mol. The van der Waals surface area contributed by atoms with Crippen LogP contribution in [0.4, 0.5) is 4.79 Å². The number of hydrogen-bond acceptors (Lipinski definition) is 7. The monoisotopic (exact) mass is 601 g/mol. The van der Waals surface area contributed by atoms with Crippen LogP contribution in [0.5, 0.6) is 17.2 Å². The fourth-order valence-electron chi connectivity index (χ4n) is 6.65. The van der Waals surface area contributed by atoms with Gasteiger partial charge in [0.15, 0.2) is 6.10 Å². The molecule has 1 amide bonds. The van der Waals surface area contributed by atoms with Crippen LogP contribution in [0.3, 0.4) is 0 Å². The number of carbonyl (C=O) groups is 2. The molecule has 1 heterocycles. The molecular formula is C36H43NO7. The van der Waals surface area contributed by atoms with Crippen molar-refractivity contribution in [3.05, 3.63) is 88.0 Å². The zero-order valence-corrected chi connectivity index (χ0v) is 27.4. The second-order valence-electron chi connectivity index (χ2n) is 13.5. The number of amides is 1. The van der Waals surface area contributed by atoms with Crippen molar-refractivity contribution in [2.24, 2.45) is 0 Å². The fourth-order valence-corrected chi connectivity index (χ4v) is 6.65. The summed E-state index contributed by atoms with van der Waals surface area (Å²) < 4.78 is 30.0. The van der Waals surface area contributed by atoms with Gasteiger partial charge >= 0.3 is 12.1 Å². The molecule has 0 unspecified atom stereocenters. The lowest BCUT2D eigenvalue weighted by Crippen LogP contribution is -2.47. The smallest absolute Gasteiger partial charge is 0.413 e. The number of hydrogen-bond donors (Lipinski definition) is 0. The molecule has 2 atom stereocenters. The van der Waals surface area contributed by atoms with Gasteiger partial charge in [-0.1, -0.05) is 56.3 Å². The maximum Gasteiger partial charge on any atom is 0.413 e. The van der Waals surface area contributed by atoms with Gasteiger partial charge in [-0.15, -0.1) is 0 Å². The molecule has 2 aliphatic rings. The summed E-state index contributed by atoms with van der Waals surface area (Å²) in [6.07, 6.45) is -1.19. The molecule has 234 valence electrons. The van der Waals surface area contributed by atoms with Crippen LogP contribution in [-0.4, -0.2) is 48.6 Å². The highest BCUT2D eigenvalue weighted by molar-refractivity contribution is 5.82. The standard InChI is InChI=1S/C36H43NO7/c1-21-16-17-25-23(20-24-26(40-9)18-19-27(41-10)28(24)35(25,5)6)30(21)42-32(38)31-29(22-14-12-11-13-15-22)37(36(7,8)43-31)33(39)44-34(2,3)4/h11-19,29,31H,20H2,1-10H3/t29-,31+/m0/s1. The number of fused-ring (bicyclic) bond motifs is 2. The molecule has 3 aromatic rings. The van der Waals surface area contributed by atoms with Gasteiger partial charge in [0.2, 0.25) is 0 Å². The van der Waals surface area contributed by atoms with Crippen molar-refractivity contribution in [3.63, 3.8) is 0 Å². The van der Waals surface area contributed by atoms with Gasteiger partial charge in [-0.3, -0.25) is 4.90 Å². The number of carbonyl (C=O) groups excluding carboxylic acids is 2. The largest absolute Gasteiger partial charge is 0.496 e. The zero-order chi connectivity index (χ0) is 32.2. The summed E-state index contributed by atoms with van der Waals surface area (Å²) in [6.45, 7) is 15.1. The van der Waals surface area contributed by atoms with E-state index in [0.29, 0.717) is 12.2 Å². The van der Waals surface area contributed by atoms with Gasteiger partial charge in [0, 0.05) is 28.5 Å². The predicted octanol–water partition coefficient (Wildman–Crippen LogP) is 7.26. The minimum atomic E-state index is -1.15. The van der Waals surface area contributed by atoms with Crippen molar-refractivity contribution in [3.8, 4) is 17.2 Å². The van der Waals surface area contributed by atoms with Gasteiger partial charge in [0.25, 0.3) is 0 Å². The van der Waals surface area contributed by atoms with E-state index in [1.165, 1.54) is 4.90 Å². The highest BCUT2D eigenvalue weighted by Gasteiger charge is 2.55. The first-order valence-corrected chi connectivity index (χ1v) is 14.9. The third-order valence-corrected chi connectivity index (χ3v) is 8.51. The second kappa shape index (κ2) is 11.1. The van der Waals surface area contributed by atoms with Gasteiger partial charge in [-0.2, -0.15) is 0 Å². The van der Waals surface area contributed by atoms with Crippen molar-refractivity contribution in [1.82, 2.24) is 4.90 Å². The highest BCUT2D eigenvalue weighted by Crippen LogP contribution is 2.51. The summed E-state index contributed by atoms with van der Waals surface area (Å²) in [5.74, 6) is 1.43. The lowest BCUT2D eigenvalue weighted by Gasteiger charge is -2.38. The maximum absolute atomic E-state index is 14.2. The normalized spacial score (nSPS) is 19.9. The van der Waals surface area contributed by atoms with Crippen LogP contribution in [0.2, 0.25) is 0 Å². The summed E-state index contributed by atoms with van der Waals surface area (Å²) in [7, 11) is 3.32. The Morgan fingerprint density at radius 2 is 1.52 bits per heavy atom. The number of methoxy groups -OCH3 is 2. The van der Waals surface area contributed by atoms with E-state index in [-0.39, 0.29) is 0 Å². The van der Waals surface area contributed by atoms with Gasteiger partial charge < -0.3 is 23.7 Å². The number of rotatable bonds is 5. The Morgan fingerprint density at radius 3 is 2.14 bits per heavy atom. The molecule has 1 fully saturated rings. The summed E-state index contributed by atoms with van der Waals surface area (Å²) in [6, 6.07) is 16.5. The summed E-state index contributed by atoms with van der Waals surface area (Å²) in [4.78, 5) is 29.3. The summed E-state index contributed by atoms with van der Waals surface area (Å²) >= 11 is 0. The van der Waals surface area contributed by atoms with Crippen LogP contribution in [-0.2, 0) is 26.1 Å². The Bertz CT molecular complexity index is 1590. The molecule has 44 heavy (non-hydrogen) atoms. The van der Waals surface area contributed by atoms with Crippen LogP contribution < -0.4 is 14.2 Å². The summed E-state index contributed by atoms with van der Waals surface area (Å²) in [5, 5.41) is 0. The van der Waals surface area contributed by atoms with Crippen molar-refractivity contribution < 1.29 is 33.3 Å². The van der Waals surface area contributed by atoms with Crippen molar-refractivity contribution in [1.29, 1.82) is 0 Å². The molecule has 0 radical (unpaired) electrons. The van der Waals surface area contributed by atoms with E-state index in [0.717, 1.165) is 44.9 Å². The lowest BCUT2D eigenvalue weighted by atomic mass is 9.68. The second-order valence-corrected chi connectivity index (χ2v) is 13.5. The molecule has 0 N–H and O–H groups in total. The van der Waals surface area contributed by atoms with Crippen LogP contribution in [0.25, 0.3) is 0 Å². The van der Waals surface area contributed by atoms with E-state index < -0.39 is 40.9 Å². The van der Waals surface area contributed by atoms with E-state index in [9.17, 15) is 9.59 Å². The minimum Gasteiger partial charge on any atom is -0.496 e. The van der Waals surface area contributed by atoms with Crippen LogP contribution >= 0.6 is 0 Å². The molecule has 8 nitrogen and oxygen atoms in total. The average Bonchev–Trinajstić information content (AvgIpc) is 3.24. The van der Waals surface area contributed by atoms with Crippen LogP contribution in [0.15, 0.2) is 54.6 Å². The van der Waals surface area contributed by atoms with E-state index in [4.69, 9.17) is 23.7 Å². The van der Waals surface area contributed by atoms with E-state index in [1.807, 2.05) is 76.2 Å². The number of ether oxygens (including phenoxy) is 5. The number of esters is 1. The number of aryl methyl sites for hydroxylation is 1. The molecule has 0 bridgehead atoms. The summed E-state index contributed by atoms with van der Waals surface area (Å²) in [5.41, 5.74) is 3.18. The third kappa shape index (κ3) is 5.40. The van der Waals surface area contributed by atoms with Crippen molar-refractivity contribution >= 4 is 12.1 Å². The molecule has 0 spiro atoms. The Hall–Kier alpha value is -4.04. The van der Waals surface area contributed by atoms with Crippen LogP contribution in [0.1, 0.15) is 87.9 Å². The molecule has 0 aromatic heterocycles. The molecule has 5 rings (SSSR count). The zero-order valence-electron chi connectivity index (χ0n) is 27.4. The minimum absolute atomic E-state index is 0.469. The Balaban J connectivity index is 1.57. The molecule has 1 aliphatic carbocycles. The SMILES string of the molecule is COc1ccc(OC)c2c1Cc1c(ccc(C)c1OC(=O)[C@@H]1OC(C)(C)N(C(=O)OC(C)(C)C)[C@H]1c1ccccc1)C2(C)C. The van der Waals surface area contributed by atoms with Crippen molar-refractivity contribution in [2.75, 3.05) is 14.2 Å². The van der Waals surface area contributed by atoms with E-state index in [2.05, 4.69) is 19.9 Å². The van der Waals surface area contributed by atoms with Gasteiger partial charge in [0.05, 0.1) is 14.2 Å². The van der Waals surface area contributed by atoms with Gasteiger partial charge in [-0.25, -0.2) is 9.59 Å². The molecular weight excluding hydrogens is 558 g/mol. The third-order valence-electron chi connectivity index (χ3n) is 8.51. The molecule has 1 aliphatic heterocycles. The first-order valence-electron chi connectivity index (χ1n) is 14.9. The van der Waals surface area contributed by atoms with Gasteiger partial charge in [0.1, 0.15) is 34.6 Å². The first kappa shape index (κ1) is 31.4. The first-order chi connectivity index (χ1) is 20.6. The predicted molar refractivity (Wildman–Crippen MR) is 168 cm³/mol.